The molecule has 2 rings (SSSR count). The fourth-order valence-corrected chi connectivity index (χ4v) is 3.63. The first-order valence-corrected chi connectivity index (χ1v) is 11.9. The Hall–Kier alpha value is -2.62. The molecule has 0 radical (unpaired) electrons. The molecule has 3 unspecified atom stereocenters. The molecule has 0 saturated carbocycles. The Kier molecular flexibility index (Phi) is 8.51. The van der Waals surface area contributed by atoms with E-state index in [9.17, 15) is 9.59 Å². The van der Waals surface area contributed by atoms with Gasteiger partial charge in [-0.05, 0) is 59.6 Å². The Morgan fingerprint density at radius 3 is 1.39 bits per heavy atom. The van der Waals surface area contributed by atoms with Crippen molar-refractivity contribution < 1.29 is 19.1 Å². The first kappa shape index (κ1) is 26.6. The van der Waals surface area contributed by atoms with Crippen LogP contribution in [0.4, 0.5) is 0 Å². The van der Waals surface area contributed by atoms with E-state index in [0.717, 1.165) is 11.1 Å². The number of hydrogen-bond acceptors (Lipinski definition) is 4. The van der Waals surface area contributed by atoms with Crippen molar-refractivity contribution in [3.05, 3.63) is 70.8 Å². The van der Waals surface area contributed by atoms with Gasteiger partial charge >= 0.3 is 11.9 Å². The second-order valence-corrected chi connectivity index (χ2v) is 11.0. The van der Waals surface area contributed by atoms with Gasteiger partial charge in [-0.25, -0.2) is 9.59 Å². The molecule has 180 valence electrons. The zero-order valence-electron chi connectivity index (χ0n) is 21.7. The van der Waals surface area contributed by atoms with Gasteiger partial charge in [0.05, 0.1) is 11.1 Å². The minimum absolute atomic E-state index is 0.0231. The average Bonchev–Trinajstić information content (AvgIpc) is 2.75. The molecule has 0 saturated heterocycles. The van der Waals surface area contributed by atoms with Crippen LogP contribution < -0.4 is 0 Å². The molecule has 0 N–H and O–H groups in total. The van der Waals surface area contributed by atoms with E-state index >= 15 is 0 Å². The zero-order chi connectivity index (χ0) is 25.0. The van der Waals surface area contributed by atoms with Crippen molar-refractivity contribution in [3.8, 4) is 0 Å². The van der Waals surface area contributed by atoms with E-state index in [1.54, 1.807) is 12.1 Å². The van der Waals surface area contributed by atoms with Gasteiger partial charge in [-0.2, -0.15) is 0 Å². The maximum atomic E-state index is 12.7. The van der Waals surface area contributed by atoms with Crippen LogP contribution in [0.2, 0.25) is 0 Å². The fourth-order valence-electron chi connectivity index (χ4n) is 3.63. The highest BCUT2D eigenvalue weighted by atomic mass is 16.6. The van der Waals surface area contributed by atoms with E-state index in [4.69, 9.17) is 9.47 Å². The number of ether oxygens (including phenoxy) is 2. The van der Waals surface area contributed by atoms with Crippen molar-refractivity contribution in [2.45, 2.75) is 91.8 Å². The summed E-state index contributed by atoms with van der Waals surface area (Å²) in [5, 5.41) is 0. The number of benzene rings is 2. The quantitative estimate of drug-likeness (QED) is 0.421. The number of hydrogen-bond donors (Lipinski definition) is 0. The summed E-state index contributed by atoms with van der Waals surface area (Å²) < 4.78 is 11.5. The van der Waals surface area contributed by atoms with Gasteiger partial charge in [0, 0.05) is 5.92 Å². The molecule has 33 heavy (non-hydrogen) atoms. The van der Waals surface area contributed by atoms with Crippen LogP contribution in [0.25, 0.3) is 0 Å². The number of carbonyl (C=O) groups excluding carboxylic acids is 2. The van der Waals surface area contributed by atoms with E-state index < -0.39 is 6.10 Å². The largest absolute Gasteiger partial charge is 0.459 e. The van der Waals surface area contributed by atoms with Crippen LogP contribution in [-0.4, -0.2) is 24.1 Å². The van der Waals surface area contributed by atoms with E-state index in [1.165, 1.54) is 0 Å². The van der Waals surface area contributed by atoms with Crippen molar-refractivity contribution in [2.24, 2.45) is 5.92 Å². The summed E-state index contributed by atoms with van der Waals surface area (Å²) in [7, 11) is 0. The molecule has 0 aliphatic rings. The molecular weight excluding hydrogens is 412 g/mol. The number of rotatable bonds is 7. The minimum Gasteiger partial charge on any atom is -0.459 e. The molecule has 0 aromatic heterocycles. The zero-order valence-corrected chi connectivity index (χ0v) is 21.7. The van der Waals surface area contributed by atoms with E-state index in [2.05, 4.69) is 41.5 Å². The maximum absolute atomic E-state index is 12.7. The standard InChI is InChI=1S/C29H40O4/c1-10-25(33-27(31)22-13-17-24(18-14-22)29(7,8)9)19(2)20(3)32-26(30)21-11-15-23(16-12-21)28(4,5)6/h11-20,25H,10H2,1-9H3. The monoisotopic (exact) mass is 452 g/mol. The van der Waals surface area contributed by atoms with Gasteiger partial charge < -0.3 is 9.47 Å². The summed E-state index contributed by atoms with van der Waals surface area (Å²) >= 11 is 0. The molecule has 2 aromatic carbocycles. The van der Waals surface area contributed by atoms with Gasteiger partial charge in [-0.15, -0.1) is 0 Å². The highest BCUT2D eigenvalue weighted by Crippen LogP contribution is 2.25. The molecule has 0 amide bonds. The Morgan fingerprint density at radius 2 is 1.06 bits per heavy atom. The molecule has 3 atom stereocenters. The van der Waals surface area contributed by atoms with Crippen molar-refractivity contribution in [1.29, 1.82) is 0 Å². The second-order valence-electron chi connectivity index (χ2n) is 11.0. The summed E-state index contributed by atoms with van der Waals surface area (Å²) in [4.78, 5) is 25.4. The summed E-state index contributed by atoms with van der Waals surface area (Å²) in [5.41, 5.74) is 3.41. The Labute approximate surface area is 199 Å². The van der Waals surface area contributed by atoms with Crippen molar-refractivity contribution in [3.63, 3.8) is 0 Å². The van der Waals surface area contributed by atoms with Gasteiger partial charge in [-0.1, -0.05) is 79.7 Å². The molecule has 0 aliphatic carbocycles. The van der Waals surface area contributed by atoms with Crippen LogP contribution in [0.3, 0.4) is 0 Å². The van der Waals surface area contributed by atoms with E-state index in [1.807, 2.05) is 57.2 Å². The third-order valence-electron chi connectivity index (χ3n) is 6.25. The topological polar surface area (TPSA) is 52.6 Å². The van der Waals surface area contributed by atoms with Gasteiger partial charge in [0.1, 0.15) is 12.2 Å². The van der Waals surface area contributed by atoms with Crippen LogP contribution in [0, 0.1) is 5.92 Å². The summed E-state index contributed by atoms with van der Waals surface area (Å²) in [6.07, 6.45) is -0.124. The SMILES string of the molecule is CCC(OC(=O)c1ccc(C(C)(C)C)cc1)C(C)C(C)OC(=O)c1ccc(C(C)(C)C)cc1. The first-order valence-electron chi connectivity index (χ1n) is 11.9. The molecule has 2 aromatic rings. The smallest absolute Gasteiger partial charge is 0.338 e. The summed E-state index contributed by atoms with van der Waals surface area (Å²) in [6.45, 7) is 18.6. The van der Waals surface area contributed by atoms with Crippen LogP contribution in [0.5, 0.6) is 0 Å². The van der Waals surface area contributed by atoms with Crippen molar-refractivity contribution in [2.75, 3.05) is 0 Å². The predicted octanol–water partition coefficient (Wildman–Crippen LogP) is 7.10. The van der Waals surface area contributed by atoms with Crippen molar-refractivity contribution >= 4 is 11.9 Å². The normalized spacial score (nSPS) is 14.8. The van der Waals surface area contributed by atoms with E-state index in [-0.39, 0.29) is 34.8 Å². The highest BCUT2D eigenvalue weighted by Gasteiger charge is 2.28. The molecule has 0 fully saturated rings. The first-order chi connectivity index (χ1) is 15.2. The second kappa shape index (κ2) is 10.5. The molecule has 0 aliphatic heterocycles. The van der Waals surface area contributed by atoms with Crippen LogP contribution in [0.15, 0.2) is 48.5 Å². The average molecular weight is 453 g/mol. The predicted molar refractivity (Wildman–Crippen MR) is 134 cm³/mol. The highest BCUT2D eigenvalue weighted by molar-refractivity contribution is 5.90. The third kappa shape index (κ3) is 7.18. The lowest BCUT2D eigenvalue weighted by Crippen LogP contribution is -2.34. The fraction of sp³-hybridized carbons (Fsp3) is 0.517. The minimum atomic E-state index is -0.402. The van der Waals surface area contributed by atoms with Gasteiger partial charge in [-0.3, -0.25) is 0 Å². The van der Waals surface area contributed by atoms with Gasteiger partial charge in [0.2, 0.25) is 0 Å². The lowest BCUT2D eigenvalue weighted by atomic mass is 9.87. The van der Waals surface area contributed by atoms with Crippen LogP contribution in [0.1, 0.15) is 101 Å². The Balaban J connectivity index is 2.01. The summed E-state index contributed by atoms with van der Waals surface area (Å²) in [5.74, 6) is -0.871. The molecular formula is C29H40O4. The lowest BCUT2D eigenvalue weighted by Gasteiger charge is -2.28. The van der Waals surface area contributed by atoms with Crippen LogP contribution >= 0.6 is 0 Å². The molecule has 0 bridgehead atoms. The maximum Gasteiger partial charge on any atom is 0.338 e. The lowest BCUT2D eigenvalue weighted by molar-refractivity contribution is -0.0238. The van der Waals surface area contributed by atoms with Gasteiger partial charge in [0.15, 0.2) is 0 Å². The molecule has 4 nitrogen and oxygen atoms in total. The Morgan fingerprint density at radius 1 is 0.697 bits per heavy atom. The molecule has 0 spiro atoms. The molecule has 0 heterocycles. The number of carbonyl (C=O) groups is 2. The number of esters is 2. The van der Waals surface area contributed by atoms with Crippen LogP contribution in [-0.2, 0) is 20.3 Å². The van der Waals surface area contributed by atoms with Crippen molar-refractivity contribution in [1.82, 2.24) is 0 Å². The Bertz CT molecular complexity index is 928. The third-order valence-corrected chi connectivity index (χ3v) is 6.25. The van der Waals surface area contributed by atoms with Gasteiger partial charge in [0.25, 0.3) is 0 Å². The van der Waals surface area contributed by atoms with E-state index in [0.29, 0.717) is 17.5 Å². The summed E-state index contributed by atoms with van der Waals surface area (Å²) in [6, 6.07) is 15.1. The molecule has 4 heteroatoms.